The van der Waals surface area contributed by atoms with E-state index >= 15 is 0 Å². The van der Waals surface area contributed by atoms with Crippen LogP contribution in [0.4, 0.5) is 5.69 Å². The molecule has 1 fully saturated rings. The minimum atomic E-state index is -0.685. The molecule has 27 heavy (non-hydrogen) atoms. The predicted octanol–water partition coefficient (Wildman–Crippen LogP) is 1.93. The number of benzene rings is 1. The zero-order valence-corrected chi connectivity index (χ0v) is 15.8. The molecule has 0 spiro atoms. The second-order valence-electron chi connectivity index (χ2n) is 6.70. The standard InChI is InChI=1S/C20H26N4O3/c1-23-10-6-9-17(23)18(24-11-3-4-12-24)14-21-19(25)20(26)22-15-7-5-8-16(13-15)27-2/h5-10,13,18H,3-4,11-12,14H2,1-2H3,(H,21,25)(H,22,26). The summed E-state index contributed by atoms with van der Waals surface area (Å²) in [5.74, 6) is -0.711. The van der Waals surface area contributed by atoms with Crippen molar-refractivity contribution in [1.29, 1.82) is 0 Å². The molecule has 2 amide bonds. The van der Waals surface area contributed by atoms with Gasteiger partial charge in [-0.3, -0.25) is 14.5 Å². The number of ether oxygens (including phenoxy) is 1. The van der Waals surface area contributed by atoms with Gasteiger partial charge in [0.25, 0.3) is 0 Å². The fourth-order valence-electron chi connectivity index (χ4n) is 3.45. The lowest BCUT2D eigenvalue weighted by Crippen LogP contribution is -2.41. The zero-order chi connectivity index (χ0) is 19.2. The van der Waals surface area contributed by atoms with Crippen molar-refractivity contribution in [1.82, 2.24) is 14.8 Å². The molecule has 1 unspecified atom stereocenters. The molecular weight excluding hydrogens is 344 g/mol. The van der Waals surface area contributed by atoms with E-state index in [-0.39, 0.29) is 6.04 Å². The van der Waals surface area contributed by atoms with E-state index in [0.717, 1.165) is 31.6 Å². The Morgan fingerprint density at radius 1 is 1.15 bits per heavy atom. The van der Waals surface area contributed by atoms with E-state index in [2.05, 4.69) is 26.2 Å². The van der Waals surface area contributed by atoms with Gasteiger partial charge in [0.05, 0.1) is 13.2 Å². The van der Waals surface area contributed by atoms with Crippen LogP contribution in [0.1, 0.15) is 24.6 Å². The van der Waals surface area contributed by atoms with E-state index < -0.39 is 11.8 Å². The largest absolute Gasteiger partial charge is 0.497 e. The molecule has 2 aromatic rings. The number of hydrogen-bond acceptors (Lipinski definition) is 4. The Balaban J connectivity index is 1.61. The zero-order valence-electron chi connectivity index (χ0n) is 15.8. The Hall–Kier alpha value is -2.80. The minimum absolute atomic E-state index is 0.0565. The number of carbonyl (C=O) groups excluding carboxylic acids is 2. The van der Waals surface area contributed by atoms with Gasteiger partial charge in [-0.05, 0) is 50.2 Å². The van der Waals surface area contributed by atoms with Crippen LogP contribution in [0, 0.1) is 0 Å². The molecule has 1 aromatic heterocycles. The molecule has 7 heteroatoms. The van der Waals surface area contributed by atoms with E-state index in [1.54, 1.807) is 31.4 Å². The average molecular weight is 370 g/mol. The van der Waals surface area contributed by atoms with Crippen molar-refractivity contribution in [3.63, 3.8) is 0 Å². The van der Waals surface area contributed by atoms with E-state index in [9.17, 15) is 9.59 Å². The van der Waals surface area contributed by atoms with E-state index in [0.29, 0.717) is 18.0 Å². The topological polar surface area (TPSA) is 75.6 Å². The molecule has 1 aliphatic heterocycles. The quantitative estimate of drug-likeness (QED) is 0.762. The number of hydrogen-bond donors (Lipinski definition) is 2. The number of nitrogens with one attached hydrogen (secondary N) is 2. The molecule has 1 atom stereocenters. The molecule has 1 aromatic carbocycles. The molecule has 2 heterocycles. The highest BCUT2D eigenvalue weighted by molar-refractivity contribution is 6.39. The highest BCUT2D eigenvalue weighted by Gasteiger charge is 2.26. The summed E-state index contributed by atoms with van der Waals surface area (Å²) in [6, 6.07) is 11.0. The second-order valence-corrected chi connectivity index (χ2v) is 6.70. The van der Waals surface area contributed by atoms with Crippen molar-refractivity contribution in [2.45, 2.75) is 18.9 Å². The Morgan fingerprint density at radius 3 is 2.59 bits per heavy atom. The van der Waals surface area contributed by atoms with Gasteiger partial charge in [-0.2, -0.15) is 0 Å². The van der Waals surface area contributed by atoms with Crippen LogP contribution in [0.3, 0.4) is 0 Å². The lowest BCUT2D eigenvalue weighted by molar-refractivity contribution is -0.136. The smallest absolute Gasteiger partial charge is 0.313 e. The molecule has 7 nitrogen and oxygen atoms in total. The number of amides is 2. The van der Waals surface area contributed by atoms with Crippen LogP contribution in [-0.4, -0.2) is 48.0 Å². The molecule has 0 bridgehead atoms. The fourth-order valence-corrected chi connectivity index (χ4v) is 3.45. The van der Waals surface area contributed by atoms with Gasteiger partial charge in [0.1, 0.15) is 5.75 Å². The van der Waals surface area contributed by atoms with Crippen molar-refractivity contribution in [2.75, 3.05) is 32.1 Å². The third kappa shape index (κ3) is 4.68. The average Bonchev–Trinajstić information content (AvgIpc) is 3.34. The van der Waals surface area contributed by atoms with Crippen molar-refractivity contribution in [3.05, 3.63) is 48.3 Å². The summed E-state index contributed by atoms with van der Waals surface area (Å²) in [5, 5.41) is 5.39. The molecule has 2 N–H and O–H groups in total. The molecule has 1 saturated heterocycles. The first-order valence-corrected chi connectivity index (χ1v) is 9.17. The predicted molar refractivity (Wildman–Crippen MR) is 104 cm³/mol. The van der Waals surface area contributed by atoms with Crippen LogP contribution in [0.15, 0.2) is 42.6 Å². The Labute approximate surface area is 159 Å². The van der Waals surface area contributed by atoms with Crippen LogP contribution in [0.25, 0.3) is 0 Å². The first-order valence-electron chi connectivity index (χ1n) is 9.17. The highest BCUT2D eigenvalue weighted by atomic mass is 16.5. The molecule has 0 radical (unpaired) electrons. The monoisotopic (exact) mass is 370 g/mol. The summed E-state index contributed by atoms with van der Waals surface area (Å²) in [5.41, 5.74) is 1.65. The summed E-state index contributed by atoms with van der Waals surface area (Å²) >= 11 is 0. The third-order valence-electron chi connectivity index (χ3n) is 4.90. The number of anilines is 1. The molecule has 0 saturated carbocycles. The summed E-state index contributed by atoms with van der Waals surface area (Å²) in [7, 11) is 3.55. The number of aryl methyl sites for hydroxylation is 1. The molecule has 1 aliphatic rings. The van der Waals surface area contributed by atoms with Gasteiger partial charge in [-0.25, -0.2) is 0 Å². The summed E-state index contributed by atoms with van der Waals surface area (Å²) in [4.78, 5) is 26.9. The van der Waals surface area contributed by atoms with Crippen molar-refractivity contribution >= 4 is 17.5 Å². The van der Waals surface area contributed by atoms with Crippen LogP contribution in [-0.2, 0) is 16.6 Å². The number of nitrogens with zero attached hydrogens (tertiary/aromatic N) is 2. The SMILES string of the molecule is COc1cccc(NC(=O)C(=O)NCC(c2cccn2C)N2CCCC2)c1. The number of aromatic nitrogens is 1. The normalized spacial score (nSPS) is 15.3. The van der Waals surface area contributed by atoms with Gasteiger partial charge in [0.2, 0.25) is 0 Å². The number of carbonyl (C=O) groups is 2. The Kier molecular flexibility index (Phi) is 6.13. The molecule has 0 aliphatic carbocycles. The molecule has 3 rings (SSSR count). The first-order chi connectivity index (χ1) is 13.1. The maximum absolute atomic E-state index is 12.3. The maximum atomic E-state index is 12.3. The highest BCUT2D eigenvalue weighted by Crippen LogP contribution is 2.24. The van der Waals surface area contributed by atoms with Gasteiger partial charge < -0.3 is 19.9 Å². The Morgan fingerprint density at radius 2 is 1.93 bits per heavy atom. The van der Waals surface area contributed by atoms with Crippen LogP contribution in [0.5, 0.6) is 5.75 Å². The van der Waals surface area contributed by atoms with Gasteiger partial charge in [0.15, 0.2) is 0 Å². The number of rotatable bonds is 6. The fraction of sp³-hybridized carbons (Fsp3) is 0.400. The third-order valence-corrected chi connectivity index (χ3v) is 4.90. The van der Waals surface area contributed by atoms with Crippen LogP contribution in [0.2, 0.25) is 0 Å². The van der Waals surface area contributed by atoms with Crippen LogP contribution < -0.4 is 15.4 Å². The van der Waals surface area contributed by atoms with Crippen molar-refractivity contribution in [2.24, 2.45) is 7.05 Å². The number of likely N-dealkylation sites (tertiary alicyclic amines) is 1. The van der Waals surface area contributed by atoms with Gasteiger partial charge in [0, 0.05) is 37.2 Å². The van der Waals surface area contributed by atoms with E-state index in [4.69, 9.17) is 4.74 Å². The lowest BCUT2D eigenvalue weighted by Gasteiger charge is -2.28. The Bertz CT molecular complexity index is 796. The van der Waals surface area contributed by atoms with E-state index in [1.807, 2.05) is 19.3 Å². The molecular formula is C20H26N4O3. The summed E-state index contributed by atoms with van der Waals surface area (Å²) in [6.45, 7) is 2.39. The van der Waals surface area contributed by atoms with Crippen LogP contribution >= 0.6 is 0 Å². The van der Waals surface area contributed by atoms with Gasteiger partial charge in [-0.15, -0.1) is 0 Å². The number of methoxy groups -OCH3 is 1. The first kappa shape index (κ1) is 19.0. The van der Waals surface area contributed by atoms with E-state index in [1.165, 1.54) is 0 Å². The molecule has 144 valence electrons. The summed E-state index contributed by atoms with van der Waals surface area (Å²) < 4.78 is 7.19. The van der Waals surface area contributed by atoms with Crippen molar-refractivity contribution < 1.29 is 14.3 Å². The minimum Gasteiger partial charge on any atom is -0.497 e. The second kappa shape index (κ2) is 8.73. The van der Waals surface area contributed by atoms with Crippen molar-refractivity contribution in [3.8, 4) is 5.75 Å². The maximum Gasteiger partial charge on any atom is 0.313 e. The lowest BCUT2D eigenvalue weighted by atomic mass is 10.1. The van der Waals surface area contributed by atoms with Gasteiger partial charge in [-0.1, -0.05) is 6.07 Å². The van der Waals surface area contributed by atoms with Gasteiger partial charge >= 0.3 is 11.8 Å². The summed E-state index contributed by atoms with van der Waals surface area (Å²) in [6.07, 6.45) is 4.31.